The van der Waals surface area contributed by atoms with E-state index in [2.05, 4.69) is 18.7 Å². The van der Waals surface area contributed by atoms with E-state index >= 15 is 0 Å². The molecule has 1 saturated carbocycles. The molecule has 0 unspecified atom stereocenters. The van der Waals surface area contributed by atoms with E-state index in [0.29, 0.717) is 12.2 Å². The molecule has 1 aliphatic heterocycles. The van der Waals surface area contributed by atoms with E-state index in [1.807, 2.05) is 0 Å². The van der Waals surface area contributed by atoms with Gasteiger partial charge in [0.05, 0.1) is 25.4 Å². The van der Waals surface area contributed by atoms with Crippen molar-refractivity contribution >= 4 is 0 Å². The second-order valence-electron chi connectivity index (χ2n) is 5.06. The van der Waals surface area contributed by atoms with Gasteiger partial charge in [0.1, 0.15) is 0 Å². The molecule has 1 aliphatic carbocycles. The van der Waals surface area contributed by atoms with Crippen LogP contribution >= 0.6 is 0 Å². The summed E-state index contributed by atoms with van der Waals surface area (Å²) in [7, 11) is 0. The first-order chi connectivity index (χ1) is 7.24. The molecule has 2 fully saturated rings. The molecule has 0 spiro atoms. The summed E-state index contributed by atoms with van der Waals surface area (Å²) in [5, 5.41) is 0. The number of nitrogens with zero attached hydrogens (tertiary/aromatic N) is 1. The highest BCUT2D eigenvalue weighted by Crippen LogP contribution is 2.31. The SMILES string of the molecule is CC(C)O[C@H]1C[C@H](CN2CCOCC2)C1. The zero-order valence-corrected chi connectivity index (χ0v) is 9.95. The second kappa shape index (κ2) is 5.28. The summed E-state index contributed by atoms with van der Waals surface area (Å²) in [6, 6.07) is 0. The summed E-state index contributed by atoms with van der Waals surface area (Å²) >= 11 is 0. The van der Waals surface area contributed by atoms with E-state index in [1.165, 1.54) is 19.4 Å². The van der Waals surface area contributed by atoms with E-state index in [4.69, 9.17) is 9.47 Å². The molecule has 0 N–H and O–H groups in total. The first-order valence-electron chi connectivity index (χ1n) is 6.19. The summed E-state index contributed by atoms with van der Waals surface area (Å²) in [4.78, 5) is 2.53. The molecule has 0 bridgehead atoms. The predicted molar refractivity (Wildman–Crippen MR) is 60.0 cm³/mol. The van der Waals surface area contributed by atoms with Crippen LogP contribution in [-0.4, -0.2) is 50.0 Å². The predicted octanol–water partition coefficient (Wildman–Crippen LogP) is 1.52. The van der Waals surface area contributed by atoms with Crippen molar-refractivity contribution in [3.63, 3.8) is 0 Å². The largest absolute Gasteiger partial charge is 0.379 e. The molecule has 2 rings (SSSR count). The molecular weight excluding hydrogens is 190 g/mol. The average Bonchev–Trinajstić information content (AvgIpc) is 2.15. The molecule has 15 heavy (non-hydrogen) atoms. The molecule has 0 aromatic heterocycles. The summed E-state index contributed by atoms with van der Waals surface area (Å²) in [6.07, 6.45) is 3.45. The number of hydrogen-bond donors (Lipinski definition) is 0. The van der Waals surface area contributed by atoms with Crippen LogP contribution in [0.4, 0.5) is 0 Å². The van der Waals surface area contributed by atoms with Gasteiger partial charge in [-0.05, 0) is 32.6 Å². The van der Waals surface area contributed by atoms with Crippen LogP contribution in [0, 0.1) is 5.92 Å². The number of ether oxygens (including phenoxy) is 2. The van der Waals surface area contributed by atoms with E-state index in [-0.39, 0.29) is 0 Å². The fraction of sp³-hybridized carbons (Fsp3) is 1.00. The van der Waals surface area contributed by atoms with Crippen LogP contribution in [-0.2, 0) is 9.47 Å². The zero-order valence-electron chi connectivity index (χ0n) is 9.95. The lowest BCUT2D eigenvalue weighted by Gasteiger charge is -2.40. The number of rotatable bonds is 4. The van der Waals surface area contributed by atoms with Gasteiger partial charge in [0.2, 0.25) is 0 Å². The minimum Gasteiger partial charge on any atom is -0.379 e. The highest BCUT2D eigenvalue weighted by Gasteiger charge is 2.31. The molecule has 88 valence electrons. The highest BCUT2D eigenvalue weighted by atomic mass is 16.5. The maximum absolute atomic E-state index is 5.76. The van der Waals surface area contributed by atoms with Crippen LogP contribution in [0.15, 0.2) is 0 Å². The Morgan fingerprint density at radius 1 is 1.27 bits per heavy atom. The van der Waals surface area contributed by atoms with Crippen LogP contribution in [0.2, 0.25) is 0 Å². The van der Waals surface area contributed by atoms with Gasteiger partial charge in [0, 0.05) is 19.6 Å². The Kier molecular flexibility index (Phi) is 4.00. The van der Waals surface area contributed by atoms with E-state index < -0.39 is 0 Å². The first kappa shape index (κ1) is 11.4. The number of hydrogen-bond acceptors (Lipinski definition) is 3. The van der Waals surface area contributed by atoms with Gasteiger partial charge in [0.15, 0.2) is 0 Å². The van der Waals surface area contributed by atoms with Crippen LogP contribution in [0.25, 0.3) is 0 Å². The van der Waals surface area contributed by atoms with Gasteiger partial charge in [-0.3, -0.25) is 4.90 Å². The fourth-order valence-corrected chi connectivity index (χ4v) is 2.47. The smallest absolute Gasteiger partial charge is 0.0594 e. The Morgan fingerprint density at radius 2 is 1.93 bits per heavy atom. The zero-order chi connectivity index (χ0) is 10.7. The maximum atomic E-state index is 5.76. The highest BCUT2D eigenvalue weighted by molar-refractivity contribution is 4.83. The van der Waals surface area contributed by atoms with Gasteiger partial charge in [-0.1, -0.05) is 0 Å². The van der Waals surface area contributed by atoms with Crippen molar-refractivity contribution in [2.24, 2.45) is 5.92 Å². The molecule has 3 heteroatoms. The third-order valence-electron chi connectivity index (χ3n) is 3.28. The van der Waals surface area contributed by atoms with Crippen LogP contribution in [0.3, 0.4) is 0 Å². The van der Waals surface area contributed by atoms with Gasteiger partial charge < -0.3 is 9.47 Å². The summed E-state index contributed by atoms with van der Waals surface area (Å²) < 4.78 is 11.1. The summed E-state index contributed by atoms with van der Waals surface area (Å²) in [5.74, 6) is 0.867. The monoisotopic (exact) mass is 213 g/mol. The van der Waals surface area contributed by atoms with Crippen molar-refractivity contribution in [2.75, 3.05) is 32.8 Å². The van der Waals surface area contributed by atoms with Gasteiger partial charge in [-0.25, -0.2) is 0 Å². The van der Waals surface area contributed by atoms with Gasteiger partial charge in [0.25, 0.3) is 0 Å². The number of morpholine rings is 1. The molecule has 0 atom stereocenters. The lowest BCUT2D eigenvalue weighted by molar-refractivity contribution is -0.0731. The Labute approximate surface area is 92.7 Å². The minimum atomic E-state index is 0.388. The van der Waals surface area contributed by atoms with E-state index in [9.17, 15) is 0 Å². The Hall–Kier alpha value is -0.120. The molecule has 1 heterocycles. The van der Waals surface area contributed by atoms with E-state index in [1.54, 1.807) is 0 Å². The molecular formula is C12H23NO2. The topological polar surface area (TPSA) is 21.7 Å². The van der Waals surface area contributed by atoms with Crippen LogP contribution < -0.4 is 0 Å². The Morgan fingerprint density at radius 3 is 2.53 bits per heavy atom. The van der Waals surface area contributed by atoms with Crippen molar-refractivity contribution in [3.05, 3.63) is 0 Å². The van der Waals surface area contributed by atoms with Crippen molar-refractivity contribution < 1.29 is 9.47 Å². The van der Waals surface area contributed by atoms with Crippen LogP contribution in [0.5, 0.6) is 0 Å². The Balaban J connectivity index is 1.58. The van der Waals surface area contributed by atoms with Crippen molar-refractivity contribution in [1.82, 2.24) is 4.90 Å². The standard InChI is InChI=1S/C12H23NO2/c1-10(2)15-12-7-11(8-12)9-13-3-5-14-6-4-13/h10-12H,3-9H2,1-2H3/t11-,12-. The summed E-state index contributed by atoms with van der Waals surface area (Å²) in [6.45, 7) is 9.56. The normalized spacial score (nSPS) is 33.0. The fourth-order valence-electron chi connectivity index (χ4n) is 2.47. The molecule has 0 aromatic rings. The van der Waals surface area contributed by atoms with Gasteiger partial charge in [-0.2, -0.15) is 0 Å². The molecule has 1 saturated heterocycles. The first-order valence-corrected chi connectivity index (χ1v) is 6.19. The van der Waals surface area contributed by atoms with Gasteiger partial charge >= 0.3 is 0 Å². The third kappa shape index (κ3) is 3.44. The van der Waals surface area contributed by atoms with Crippen LogP contribution in [0.1, 0.15) is 26.7 Å². The Bertz CT molecular complexity index is 184. The lowest BCUT2D eigenvalue weighted by Crippen LogP contribution is -2.44. The lowest BCUT2D eigenvalue weighted by atomic mass is 9.81. The quantitative estimate of drug-likeness (QED) is 0.707. The minimum absolute atomic E-state index is 0.388. The maximum Gasteiger partial charge on any atom is 0.0594 e. The van der Waals surface area contributed by atoms with Crippen molar-refractivity contribution in [3.8, 4) is 0 Å². The summed E-state index contributed by atoms with van der Waals surface area (Å²) in [5.41, 5.74) is 0. The average molecular weight is 213 g/mol. The third-order valence-corrected chi connectivity index (χ3v) is 3.28. The molecule has 0 aromatic carbocycles. The molecule has 0 amide bonds. The molecule has 0 radical (unpaired) electrons. The van der Waals surface area contributed by atoms with E-state index in [0.717, 1.165) is 32.2 Å². The molecule has 3 nitrogen and oxygen atoms in total. The van der Waals surface area contributed by atoms with Gasteiger partial charge in [-0.15, -0.1) is 0 Å². The second-order valence-corrected chi connectivity index (χ2v) is 5.06. The van der Waals surface area contributed by atoms with Crippen molar-refractivity contribution in [2.45, 2.75) is 38.9 Å². The molecule has 2 aliphatic rings. The van der Waals surface area contributed by atoms with Crippen molar-refractivity contribution in [1.29, 1.82) is 0 Å².